The van der Waals surface area contributed by atoms with Gasteiger partial charge in [-0.1, -0.05) is 24.3 Å². The first-order chi connectivity index (χ1) is 7.51. The number of aliphatic hydroxyl groups is 1. The molecule has 1 aromatic carbocycles. The summed E-state index contributed by atoms with van der Waals surface area (Å²) in [6.07, 6.45) is 0.393. The Morgan fingerprint density at radius 2 is 1.81 bits per heavy atom. The molecule has 0 aliphatic heterocycles. The molecule has 16 heavy (non-hydrogen) atoms. The van der Waals surface area contributed by atoms with E-state index in [9.17, 15) is 4.79 Å². The lowest BCUT2D eigenvalue weighted by molar-refractivity contribution is -0.147. The van der Waals surface area contributed by atoms with Crippen LogP contribution in [0.1, 0.15) is 18.1 Å². The van der Waals surface area contributed by atoms with Gasteiger partial charge in [0.25, 0.3) is 0 Å². The molecule has 0 aromatic heterocycles. The lowest BCUT2D eigenvalue weighted by atomic mass is 9.83. The van der Waals surface area contributed by atoms with Crippen molar-refractivity contribution in [2.24, 2.45) is 11.1 Å². The molecular weight excluding hydrogens is 206 g/mol. The predicted molar refractivity (Wildman–Crippen MR) is 60.9 cm³/mol. The second-order valence-corrected chi connectivity index (χ2v) is 4.22. The van der Waals surface area contributed by atoms with Crippen molar-refractivity contribution >= 4 is 5.97 Å². The number of carboxylic acids is 1. The highest BCUT2D eigenvalue weighted by Crippen LogP contribution is 2.21. The number of carboxylic acid groups (broad SMARTS) is 1. The Morgan fingerprint density at radius 1 is 1.31 bits per heavy atom. The zero-order valence-electron chi connectivity index (χ0n) is 9.31. The van der Waals surface area contributed by atoms with Crippen molar-refractivity contribution in [2.75, 3.05) is 6.54 Å². The van der Waals surface area contributed by atoms with Crippen molar-refractivity contribution in [3.05, 3.63) is 35.4 Å². The van der Waals surface area contributed by atoms with E-state index in [4.69, 9.17) is 15.9 Å². The summed E-state index contributed by atoms with van der Waals surface area (Å²) in [4.78, 5) is 11.1. The normalized spacial score (nSPS) is 14.4. The maximum atomic E-state index is 11.1. The van der Waals surface area contributed by atoms with Crippen molar-refractivity contribution < 1.29 is 15.0 Å². The Labute approximate surface area is 94.7 Å². The molecule has 1 aromatic rings. The minimum atomic E-state index is -0.930. The number of hydrogen-bond acceptors (Lipinski definition) is 3. The SMILES string of the molecule is CC(CN)(Cc1ccc(CO)cc1)C(=O)O. The average Bonchev–Trinajstić information content (AvgIpc) is 2.29. The molecule has 1 rings (SSSR count). The van der Waals surface area contributed by atoms with Crippen LogP contribution in [-0.4, -0.2) is 22.7 Å². The highest BCUT2D eigenvalue weighted by molar-refractivity contribution is 5.74. The van der Waals surface area contributed by atoms with Gasteiger partial charge in [0.05, 0.1) is 12.0 Å². The van der Waals surface area contributed by atoms with Crippen molar-refractivity contribution in [3.8, 4) is 0 Å². The molecule has 0 radical (unpaired) electrons. The molecule has 0 saturated heterocycles. The molecular formula is C12H17NO3. The molecule has 1 unspecified atom stereocenters. The van der Waals surface area contributed by atoms with E-state index in [1.807, 2.05) is 12.1 Å². The van der Waals surface area contributed by atoms with E-state index in [2.05, 4.69) is 0 Å². The van der Waals surface area contributed by atoms with Crippen molar-refractivity contribution in [2.45, 2.75) is 20.0 Å². The summed E-state index contributed by atoms with van der Waals surface area (Å²) >= 11 is 0. The van der Waals surface area contributed by atoms with Gasteiger partial charge in [-0.05, 0) is 24.5 Å². The molecule has 0 heterocycles. The van der Waals surface area contributed by atoms with Gasteiger partial charge >= 0.3 is 5.97 Å². The summed E-state index contributed by atoms with van der Waals surface area (Å²) in [6.45, 7) is 1.73. The Bertz CT molecular complexity index is 361. The molecule has 88 valence electrons. The van der Waals surface area contributed by atoms with Crippen LogP contribution in [0.5, 0.6) is 0 Å². The third kappa shape index (κ3) is 2.81. The van der Waals surface area contributed by atoms with Crippen LogP contribution in [0.15, 0.2) is 24.3 Å². The Morgan fingerprint density at radius 3 is 2.19 bits per heavy atom. The minimum Gasteiger partial charge on any atom is -0.481 e. The summed E-state index contributed by atoms with van der Waals surface area (Å²) in [5.74, 6) is -0.888. The Hall–Kier alpha value is -1.39. The standard InChI is InChI=1S/C12H17NO3/c1-12(8-13,11(15)16)6-9-2-4-10(7-14)5-3-9/h2-5,14H,6-8,13H2,1H3,(H,15,16). The number of aliphatic hydroxyl groups excluding tert-OH is 1. The average molecular weight is 223 g/mol. The van der Waals surface area contributed by atoms with Gasteiger partial charge in [0.15, 0.2) is 0 Å². The fraction of sp³-hybridized carbons (Fsp3) is 0.417. The second kappa shape index (κ2) is 5.09. The Kier molecular flexibility index (Phi) is 4.04. The lowest BCUT2D eigenvalue weighted by Gasteiger charge is -2.22. The fourth-order valence-electron chi connectivity index (χ4n) is 1.45. The highest BCUT2D eigenvalue weighted by Gasteiger charge is 2.31. The summed E-state index contributed by atoms with van der Waals surface area (Å²) in [5.41, 5.74) is 6.28. The summed E-state index contributed by atoms with van der Waals surface area (Å²) in [6, 6.07) is 7.22. The molecule has 0 fully saturated rings. The maximum Gasteiger partial charge on any atom is 0.310 e. The molecule has 4 N–H and O–H groups in total. The van der Waals surface area contributed by atoms with Gasteiger partial charge in [-0.3, -0.25) is 4.79 Å². The minimum absolute atomic E-state index is 0.00658. The number of benzene rings is 1. The fourth-order valence-corrected chi connectivity index (χ4v) is 1.45. The molecule has 0 amide bonds. The molecule has 0 aliphatic carbocycles. The van der Waals surface area contributed by atoms with Crippen LogP contribution >= 0.6 is 0 Å². The van der Waals surface area contributed by atoms with Gasteiger partial charge in [0.2, 0.25) is 0 Å². The molecule has 0 aliphatic rings. The molecule has 4 heteroatoms. The third-order valence-corrected chi connectivity index (χ3v) is 2.77. The van der Waals surface area contributed by atoms with Crippen LogP contribution < -0.4 is 5.73 Å². The van der Waals surface area contributed by atoms with Gasteiger partial charge in [-0.25, -0.2) is 0 Å². The monoisotopic (exact) mass is 223 g/mol. The summed E-state index contributed by atoms with van der Waals surface area (Å²) < 4.78 is 0. The summed E-state index contributed by atoms with van der Waals surface area (Å²) in [5, 5.41) is 18.0. The lowest BCUT2D eigenvalue weighted by Crippen LogP contribution is -2.37. The van der Waals surface area contributed by atoms with Gasteiger partial charge in [-0.15, -0.1) is 0 Å². The quantitative estimate of drug-likeness (QED) is 0.688. The maximum absolute atomic E-state index is 11.1. The van der Waals surface area contributed by atoms with Crippen molar-refractivity contribution in [1.82, 2.24) is 0 Å². The van der Waals surface area contributed by atoms with Crippen LogP contribution in [-0.2, 0) is 17.8 Å². The van der Waals surface area contributed by atoms with Crippen LogP contribution in [0.25, 0.3) is 0 Å². The molecule has 0 bridgehead atoms. The highest BCUT2D eigenvalue weighted by atomic mass is 16.4. The molecule has 0 saturated carbocycles. The summed E-state index contributed by atoms with van der Waals surface area (Å²) in [7, 11) is 0. The number of hydrogen-bond donors (Lipinski definition) is 3. The Balaban J connectivity index is 2.82. The number of carbonyl (C=O) groups is 1. The molecule has 0 spiro atoms. The van der Waals surface area contributed by atoms with E-state index < -0.39 is 11.4 Å². The largest absolute Gasteiger partial charge is 0.481 e. The van der Waals surface area contributed by atoms with Crippen LogP contribution in [0.2, 0.25) is 0 Å². The first-order valence-corrected chi connectivity index (χ1v) is 5.14. The topological polar surface area (TPSA) is 83.5 Å². The van der Waals surface area contributed by atoms with Gasteiger partial charge in [-0.2, -0.15) is 0 Å². The van der Waals surface area contributed by atoms with E-state index >= 15 is 0 Å². The third-order valence-electron chi connectivity index (χ3n) is 2.77. The van der Waals surface area contributed by atoms with Gasteiger partial charge < -0.3 is 15.9 Å². The smallest absolute Gasteiger partial charge is 0.310 e. The number of rotatable bonds is 5. The van der Waals surface area contributed by atoms with E-state index in [1.165, 1.54) is 0 Å². The molecule has 1 atom stereocenters. The zero-order chi connectivity index (χ0) is 12.2. The number of nitrogens with two attached hydrogens (primary N) is 1. The van der Waals surface area contributed by atoms with Gasteiger partial charge in [0, 0.05) is 6.54 Å². The second-order valence-electron chi connectivity index (χ2n) is 4.22. The molecule has 4 nitrogen and oxygen atoms in total. The van der Waals surface area contributed by atoms with Gasteiger partial charge in [0.1, 0.15) is 0 Å². The van der Waals surface area contributed by atoms with E-state index in [-0.39, 0.29) is 13.2 Å². The zero-order valence-corrected chi connectivity index (χ0v) is 9.31. The van der Waals surface area contributed by atoms with Crippen LogP contribution in [0, 0.1) is 5.41 Å². The van der Waals surface area contributed by atoms with Crippen LogP contribution in [0.3, 0.4) is 0 Å². The predicted octanol–water partition coefficient (Wildman–Crippen LogP) is 0.771. The first kappa shape index (κ1) is 12.7. The first-order valence-electron chi connectivity index (χ1n) is 5.14. The van der Waals surface area contributed by atoms with Crippen molar-refractivity contribution in [1.29, 1.82) is 0 Å². The van der Waals surface area contributed by atoms with E-state index in [0.717, 1.165) is 11.1 Å². The number of aliphatic carboxylic acids is 1. The van der Waals surface area contributed by atoms with Crippen molar-refractivity contribution in [3.63, 3.8) is 0 Å². The van der Waals surface area contributed by atoms with E-state index in [1.54, 1.807) is 19.1 Å². The van der Waals surface area contributed by atoms with Crippen LogP contribution in [0.4, 0.5) is 0 Å². The van der Waals surface area contributed by atoms with E-state index in [0.29, 0.717) is 6.42 Å².